The lowest BCUT2D eigenvalue weighted by molar-refractivity contribution is -0.923. The standard InChI is InChI=1S/C14H23NO5S/c1-4-15(5-2,6-3)9-10-20-12-7-8-14(13(16)11-12)21(17,18)19/h7-8,11H,4-6,9-10H2,1-3H3,(H-,16,17,18,19)/p+1. The Labute approximate surface area is 126 Å². The summed E-state index contributed by atoms with van der Waals surface area (Å²) in [4.78, 5) is -0.518. The van der Waals surface area contributed by atoms with Crippen LogP contribution in [0.2, 0.25) is 0 Å². The minimum absolute atomic E-state index is 0.376. The molecule has 0 amide bonds. The largest absolute Gasteiger partial charge is 0.506 e. The SMILES string of the molecule is CC[N+](CC)(CC)CCOc1ccc(S(=O)(=O)O)c(O)c1. The highest BCUT2D eigenvalue weighted by molar-refractivity contribution is 7.86. The number of nitrogens with zero attached hydrogens (tertiary/aromatic N) is 1. The fourth-order valence-corrected chi connectivity index (χ4v) is 2.87. The summed E-state index contributed by atoms with van der Waals surface area (Å²) in [7, 11) is -4.41. The number of phenolic OH excluding ortho intramolecular Hbond substituents is 1. The Balaban J connectivity index is 2.72. The van der Waals surface area contributed by atoms with Crippen LogP contribution in [0, 0.1) is 0 Å². The summed E-state index contributed by atoms with van der Waals surface area (Å²) >= 11 is 0. The number of ether oxygens (including phenoxy) is 1. The summed E-state index contributed by atoms with van der Waals surface area (Å²) in [5, 5.41) is 9.60. The Hall–Kier alpha value is -1.31. The van der Waals surface area contributed by atoms with Gasteiger partial charge in [0.15, 0.2) is 0 Å². The Kier molecular flexibility index (Phi) is 6.00. The van der Waals surface area contributed by atoms with E-state index in [1.807, 2.05) is 0 Å². The van der Waals surface area contributed by atoms with Crippen molar-refractivity contribution in [3.63, 3.8) is 0 Å². The van der Waals surface area contributed by atoms with Crippen LogP contribution < -0.4 is 4.74 Å². The lowest BCUT2D eigenvalue weighted by Crippen LogP contribution is -2.49. The van der Waals surface area contributed by atoms with Gasteiger partial charge in [0.05, 0.1) is 19.6 Å². The van der Waals surface area contributed by atoms with E-state index in [9.17, 15) is 13.5 Å². The Morgan fingerprint density at radius 2 is 1.71 bits per heavy atom. The van der Waals surface area contributed by atoms with Gasteiger partial charge in [0.2, 0.25) is 0 Å². The molecule has 2 N–H and O–H groups in total. The minimum Gasteiger partial charge on any atom is -0.506 e. The molecule has 0 radical (unpaired) electrons. The van der Waals surface area contributed by atoms with Gasteiger partial charge in [0.25, 0.3) is 10.1 Å². The molecule has 0 aliphatic rings. The molecule has 0 heterocycles. The zero-order chi connectivity index (χ0) is 16.1. The van der Waals surface area contributed by atoms with E-state index in [2.05, 4.69) is 20.8 Å². The summed E-state index contributed by atoms with van der Waals surface area (Å²) in [5.74, 6) is -0.140. The van der Waals surface area contributed by atoms with Gasteiger partial charge < -0.3 is 14.3 Å². The minimum atomic E-state index is -4.41. The van der Waals surface area contributed by atoms with Crippen LogP contribution in [0.5, 0.6) is 11.5 Å². The van der Waals surface area contributed by atoms with E-state index in [1.165, 1.54) is 12.1 Å². The first-order valence-electron chi connectivity index (χ1n) is 7.06. The van der Waals surface area contributed by atoms with Gasteiger partial charge in [-0.05, 0) is 32.9 Å². The number of phenols is 1. The summed E-state index contributed by atoms with van der Waals surface area (Å²) in [6.45, 7) is 10.8. The maximum Gasteiger partial charge on any atom is 0.298 e. The molecular weight excluding hydrogens is 294 g/mol. The molecule has 21 heavy (non-hydrogen) atoms. The lowest BCUT2D eigenvalue weighted by atomic mass is 10.3. The van der Waals surface area contributed by atoms with Crippen LogP contribution in [0.4, 0.5) is 0 Å². The average molecular weight is 318 g/mol. The molecule has 7 heteroatoms. The smallest absolute Gasteiger partial charge is 0.298 e. The zero-order valence-corrected chi connectivity index (χ0v) is 13.6. The topological polar surface area (TPSA) is 83.8 Å². The Morgan fingerprint density at radius 3 is 2.14 bits per heavy atom. The second kappa shape index (κ2) is 7.11. The van der Waals surface area contributed by atoms with Gasteiger partial charge in [-0.3, -0.25) is 4.55 Å². The predicted molar refractivity (Wildman–Crippen MR) is 80.2 cm³/mol. The van der Waals surface area contributed by atoms with Crippen molar-refractivity contribution in [2.75, 3.05) is 32.8 Å². The number of aromatic hydroxyl groups is 1. The molecule has 0 saturated carbocycles. The highest BCUT2D eigenvalue weighted by Gasteiger charge is 2.21. The fourth-order valence-electron chi connectivity index (χ4n) is 2.31. The van der Waals surface area contributed by atoms with Crippen LogP contribution in [-0.4, -0.2) is 55.3 Å². The summed E-state index contributed by atoms with van der Waals surface area (Å²) in [6.07, 6.45) is 0. The molecule has 120 valence electrons. The predicted octanol–water partition coefficient (Wildman–Crippen LogP) is 1.89. The first kappa shape index (κ1) is 17.7. The van der Waals surface area contributed by atoms with Crippen molar-refractivity contribution in [2.24, 2.45) is 0 Å². The molecule has 0 fully saturated rings. The second-order valence-corrected chi connectivity index (χ2v) is 6.36. The molecule has 0 aliphatic heterocycles. The zero-order valence-electron chi connectivity index (χ0n) is 12.7. The number of hydrogen-bond acceptors (Lipinski definition) is 4. The van der Waals surface area contributed by atoms with Crippen LogP contribution in [-0.2, 0) is 10.1 Å². The Bertz CT molecular complexity index is 558. The Morgan fingerprint density at radius 1 is 1.14 bits per heavy atom. The number of quaternary nitrogens is 1. The molecule has 0 saturated heterocycles. The van der Waals surface area contributed by atoms with Crippen LogP contribution in [0.1, 0.15) is 20.8 Å². The van der Waals surface area contributed by atoms with Crippen molar-refractivity contribution in [3.05, 3.63) is 18.2 Å². The van der Waals surface area contributed by atoms with Crippen molar-refractivity contribution >= 4 is 10.1 Å². The van der Waals surface area contributed by atoms with Gasteiger partial charge in [0, 0.05) is 6.07 Å². The molecule has 6 nitrogen and oxygen atoms in total. The summed E-state index contributed by atoms with van der Waals surface area (Å²) in [6, 6.07) is 3.74. The normalized spacial score (nSPS) is 12.4. The van der Waals surface area contributed by atoms with Crippen LogP contribution >= 0.6 is 0 Å². The van der Waals surface area contributed by atoms with Crippen LogP contribution in [0.25, 0.3) is 0 Å². The number of benzene rings is 1. The van der Waals surface area contributed by atoms with Crippen molar-refractivity contribution in [3.8, 4) is 11.5 Å². The molecule has 1 aromatic rings. The third-order valence-electron chi connectivity index (χ3n) is 4.06. The number of hydrogen-bond donors (Lipinski definition) is 2. The monoisotopic (exact) mass is 318 g/mol. The molecule has 0 aromatic heterocycles. The molecule has 0 atom stereocenters. The van der Waals surface area contributed by atoms with Gasteiger partial charge in [-0.15, -0.1) is 0 Å². The highest BCUT2D eigenvalue weighted by atomic mass is 32.2. The molecule has 1 aromatic carbocycles. The fraction of sp³-hybridized carbons (Fsp3) is 0.571. The van der Waals surface area contributed by atoms with Gasteiger partial charge in [0.1, 0.15) is 29.5 Å². The van der Waals surface area contributed by atoms with Crippen LogP contribution in [0.15, 0.2) is 23.1 Å². The molecule has 0 unspecified atom stereocenters. The quantitative estimate of drug-likeness (QED) is 0.565. The maximum absolute atomic E-state index is 11.0. The third kappa shape index (κ3) is 4.59. The van der Waals surface area contributed by atoms with Crippen molar-refractivity contribution in [1.82, 2.24) is 0 Å². The van der Waals surface area contributed by atoms with Gasteiger partial charge in [-0.25, -0.2) is 0 Å². The lowest BCUT2D eigenvalue weighted by Gasteiger charge is -2.35. The van der Waals surface area contributed by atoms with Crippen molar-refractivity contribution in [2.45, 2.75) is 25.7 Å². The van der Waals surface area contributed by atoms with E-state index in [-0.39, 0.29) is 0 Å². The van der Waals surface area contributed by atoms with E-state index in [4.69, 9.17) is 9.29 Å². The van der Waals surface area contributed by atoms with E-state index >= 15 is 0 Å². The third-order valence-corrected chi connectivity index (χ3v) is 4.96. The van der Waals surface area contributed by atoms with E-state index in [1.54, 1.807) is 0 Å². The number of rotatable bonds is 8. The first-order chi connectivity index (χ1) is 9.78. The van der Waals surface area contributed by atoms with Gasteiger partial charge >= 0.3 is 0 Å². The molecule has 1 rings (SSSR count). The average Bonchev–Trinajstić information content (AvgIpc) is 2.43. The first-order valence-corrected chi connectivity index (χ1v) is 8.50. The van der Waals surface area contributed by atoms with E-state index in [0.717, 1.165) is 36.7 Å². The summed E-state index contributed by atoms with van der Waals surface area (Å²) in [5.41, 5.74) is 0. The maximum atomic E-state index is 11.0. The second-order valence-electron chi connectivity index (χ2n) is 4.97. The van der Waals surface area contributed by atoms with Crippen LogP contribution in [0.3, 0.4) is 0 Å². The van der Waals surface area contributed by atoms with E-state index in [0.29, 0.717) is 12.4 Å². The highest BCUT2D eigenvalue weighted by Crippen LogP contribution is 2.27. The summed E-state index contributed by atoms with van der Waals surface area (Å²) < 4.78 is 37.4. The molecule has 0 aliphatic carbocycles. The van der Waals surface area contributed by atoms with Crippen molar-refractivity contribution < 1.29 is 27.3 Å². The van der Waals surface area contributed by atoms with Crippen molar-refractivity contribution in [1.29, 1.82) is 0 Å². The van der Waals surface area contributed by atoms with E-state index < -0.39 is 20.8 Å². The molecule has 0 bridgehead atoms. The molecule has 0 spiro atoms. The van der Waals surface area contributed by atoms with Gasteiger partial charge in [-0.2, -0.15) is 8.42 Å². The number of likely N-dealkylation sites (N-methyl/N-ethyl adjacent to an activating group) is 1. The van der Waals surface area contributed by atoms with Gasteiger partial charge in [-0.1, -0.05) is 0 Å². The molecular formula is C14H24NO5S+.